The molecule has 2 rings (SSSR count). The number of ketones is 1. The molecule has 0 aliphatic rings. The summed E-state index contributed by atoms with van der Waals surface area (Å²) in [6, 6.07) is 8.31. The number of carbonyl (C=O) groups is 2. The standard InChI is InChI=1S/C18H20ClN3O2S/c1-11(22(2)3)10-15(20)16(23)12-4-6-13(7-5-12)21-18(24)17-14(19)8-9-25-17/h4-9,11,20H,10H2,1-3H3,(H,21,24). The predicted molar refractivity (Wildman–Crippen MR) is 104 cm³/mol. The predicted octanol–water partition coefficient (Wildman–Crippen LogP) is 4.20. The Balaban J connectivity index is 2.02. The lowest BCUT2D eigenvalue weighted by Crippen LogP contribution is -2.29. The molecule has 0 saturated heterocycles. The molecule has 5 nitrogen and oxygen atoms in total. The smallest absolute Gasteiger partial charge is 0.267 e. The second-order valence-corrected chi connectivity index (χ2v) is 7.28. The van der Waals surface area contributed by atoms with Gasteiger partial charge in [-0.25, -0.2) is 0 Å². The Bertz CT molecular complexity index is 784. The molecule has 0 spiro atoms. The SMILES string of the molecule is CC(CC(=N)C(=O)c1ccc(NC(=O)c2sccc2Cl)cc1)N(C)C. The molecule has 2 N–H and O–H groups in total. The summed E-state index contributed by atoms with van der Waals surface area (Å²) in [6.45, 7) is 1.97. The number of rotatable bonds is 7. The fourth-order valence-electron chi connectivity index (χ4n) is 2.09. The molecule has 0 saturated carbocycles. The molecular formula is C18H20ClN3O2S. The summed E-state index contributed by atoms with van der Waals surface area (Å²) >= 11 is 7.21. The van der Waals surface area contributed by atoms with E-state index < -0.39 is 0 Å². The molecule has 0 aliphatic carbocycles. The van der Waals surface area contributed by atoms with Crippen molar-refractivity contribution in [2.45, 2.75) is 19.4 Å². The lowest BCUT2D eigenvalue weighted by molar-refractivity contribution is 0.102. The highest BCUT2D eigenvalue weighted by Crippen LogP contribution is 2.23. The van der Waals surface area contributed by atoms with Gasteiger partial charge in [0.15, 0.2) is 0 Å². The van der Waals surface area contributed by atoms with E-state index in [-0.39, 0.29) is 23.4 Å². The Morgan fingerprint density at radius 1 is 1.24 bits per heavy atom. The van der Waals surface area contributed by atoms with Crippen LogP contribution >= 0.6 is 22.9 Å². The number of carbonyl (C=O) groups excluding carboxylic acids is 2. The minimum atomic E-state index is -0.298. The van der Waals surface area contributed by atoms with Crippen molar-refractivity contribution >= 4 is 46.0 Å². The third-order valence-electron chi connectivity index (χ3n) is 3.88. The molecule has 1 amide bonds. The van der Waals surface area contributed by atoms with Gasteiger partial charge >= 0.3 is 0 Å². The zero-order valence-corrected chi connectivity index (χ0v) is 15.9. The lowest BCUT2D eigenvalue weighted by Gasteiger charge is -2.19. The molecule has 1 unspecified atom stereocenters. The average molecular weight is 378 g/mol. The molecule has 0 aliphatic heterocycles. The van der Waals surface area contributed by atoms with Crippen molar-refractivity contribution in [2.24, 2.45) is 0 Å². The van der Waals surface area contributed by atoms with Crippen LogP contribution in [0.3, 0.4) is 0 Å². The third-order valence-corrected chi connectivity index (χ3v) is 5.22. The summed E-state index contributed by atoms with van der Waals surface area (Å²) in [5, 5.41) is 12.9. The van der Waals surface area contributed by atoms with Crippen LogP contribution < -0.4 is 5.32 Å². The molecule has 1 aromatic carbocycles. The zero-order chi connectivity index (χ0) is 18.6. The fraction of sp³-hybridized carbons (Fsp3) is 0.278. The van der Waals surface area contributed by atoms with Crippen LogP contribution in [0.4, 0.5) is 5.69 Å². The molecule has 0 radical (unpaired) electrons. The van der Waals surface area contributed by atoms with E-state index in [4.69, 9.17) is 17.0 Å². The van der Waals surface area contributed by atoms with E-state index in [0.29, 0.717) is 27.6 Å². The lowest BCUT2D eigenvalue weighted by atomic mass is 10.0. The number of amides is 1. The number of benzene rings is 1. The Labute approximate surface area is 156 Å². The minimum Gasteiger partial charge on any atom is -0.321 e. The van der Waals surface area contributed by atoms with Crippen LogP contribution in [-0.2, 0) is 0 Å². The van der Waals surface area contributed by atoms with Crippen LogP contribution in [0.5, 0.6) is 0 Å². The molecule has 2 aromatic rings. The van der Waals surface area contributed by atoms with E-state index in [1.807, 2.05) is 25.9 Å². The maximum Gasteiger partial charge on any atom is 0.267 e. The average Bonchev–Trinajstić information content (AvgIpc) is 3.00. The first-order chi connectivity index (χ1) is 11.8. The number of Topliss-reactive ketones (excluding diaryl/α,β-unsaturated/α-hetero) is 1. The van der Waals surface area contributed by atoms with E-state index in [0.717, 1.165) is 0 Å². The quantitative estimate of drug-likeness (QED) is 0.561. The van der Waals surface area contributed by atoms with Crippen LogP contribution in [0.25, 0.3) is 0 Å². The van der Waals surface area contributed by atoms with Gasteiger partial charge in [0.25, 0.3) is 5.91 Å². The van der Waals surface area contributed by atoms with Crippen molar-refractivity contribution in [3.8, 4) is 0 Å². The van der Waals surface area contributed by atoms with Gasteiger partial charge in [0.05, 0.1) is 10.7 Å². The largest absolute Gasteiger partial charge is 0.321 e. The first-order valence-corrected chi connectivity index (χ1v) is 8.98. The molecule has 0 bridgehead atoms. The Hall–Kier alpha value is -2.02. The van der Waals surface area contributed by atoms with E-state index >= 15 is 0 Å². The highest BCUT2D eigenvalue weighted by Gasteiger charge is 2.17. The molecule has 7 heteroatoms. The molecule has 1 heterocycles. The van der Waals surface area contributed by atoms with Crippen molar-refractivity contribution in [1.29, 1.82) is 5.41 Å². The summed E-state index contributed by atoms with van der Waals surface area (Å²) < 4.78 is 0. The van der Waals surface area contributed by atoms with E-state index in [2.05, 4.69) is 5.32 Å². The third kappa shape index (κ3) is 4.98. The number of nitrogens with one attached hydrogen (secondary N) is 2. The summed E-state index contributed by atoms with van der Waals surface area (Å²) in [6.07, 6.45) is 0.390. The monoisotopic (exact) mass is 377 g/mol. The molecule has 132 valence electrons. The van der Waals surface area contributed by atoms with Gasteiger partial charge in [0.1, 0.15) is 4.88 Å². The fourth-order valence-corrected chi connectivity index (χ4v) is 3.13. The second kappa shape index (κ2) is 8.38. The minimum absolute atomic E-state index is 0.0725. The van der Waals surface area contributed by atoms with Crippen LogP contribution in [0.15, 0.2) is 35.7 Å². The Kier molecular flexibility index (Phi) is 6.47. The van der Waals surface area contributed by atoms with E-state index in [1.165, 1.54) is 11.3 Å². The van der Waals surface area contributed by atoms with Crippen molar-refractivity contribution < 1.29 is 9.59 Å². The Morgan fingerprint density at radius 2 is 1.88 bits per heavy atom. The topological polar surface area (TPSA) is 73.3 Å². The van der Waals surface area contributed by atoms with Crippen LogP contribution in [0.1, 0.15) is 33.4 Å². The molecule has 1 aromatic heterocycles. The first-order valence-electron chi connectivity index (χ1n) is 7.72. The number of thiophene rings is 1. The highest BCUT2D eigenvalue weighted by atomic mass is 35.5. The van der Waals surface area contributed by atoms with Gasteiger partial charge in [-0.15, -0.1) is 11.3 Å². The summed E-state index contributed by atoms with van der Waals surface area (Å²) in [4.78, 5) is 26.9. The molecule has 1 atom stereocenters. The molecular weight excluding hydrogens is 358 g/mol. The van der Waals surface area contributed by atoms with Crippen LogP contribution in [0, 0.1) is 5.41 Å². The van der Waals surface area contributed by atoms with E-state index in [9.17, 15) is 9.59 Å². The van der Waals surface area contributed by atoms with Crippen LogP contribution in [0.2, 0.25) is 5.02 Å². The summed E-state index contributed by atoms with van der Waals surface area (Å²) in [5.74, 6) is -0.584. The highest BCUT2D eigenvalue weighted by molar-refractivity contribution is 7.12. The van der Waals surface area contributed by atoms with E-state index in [1.54, 1.807) is 35.7 Å². The molecule has 0 fully saturated rings. The van der Waals surface area contributed by atoms with Gasteiger partial charge in [-0.1, -0.05) is 11.6 Å². The van der Waals surface area contributed by atoms with Crippen molar-refractivity contribution in [3.05, 3.63) is 51.2 Å². The van der Waals surface area contributed by atoms with Crippen molar-refractivity contribution in [2.75, 3.05) is 19.4 Å². The van der Waals surface area contributed by atoms with Gasteiger partial charge in [-0.05, 0) is 56.7 Å². The first kappa shape index (κ1) is 19.3. The maximum absolute atomic E-state index is 12.3. The van der Waals surface area contributed by atoms with Gasteiger partial charge < -0.3 is 15.6 Å². The van der Waals surface area contributed by atoms with Gasteiger partial charge in [-0.2, -0.15) is 0 Å². The second-order valence-electron chi connectivity index (χ2n) is 5.95. The van der Waals surface area contributed by atoms with Gasteiger partial charge in [-0.3, -0.25) is 9.59 Å². The zero-order valence-electron chi connectivity index (χ0n) is 14.3. The van der Waals surface area contributed by atoms with Crippen molar-refractivity contribution in [3.63, 3.8) is 0 Å². The van der Waals surface area contributed by atoms with Crippen LogP contribution in [-0.4, -0.2) is 42.4 Å². The number of anilines is 1. The Morgan fingerprint density at radius 3 is 2.40 bits per heavy atom. The summed E-state index contributed by atoms with van der Waals surface area (Å²) in [7, 11) is 3.83. The van der Waals surface area contributed by atoms with Gasteiger partial charge in [0.2, 0.25) is 5.78 Å². The maximum atomic E-state index is 12.3. The number of halogens is 1. The number of hydrogen-bond donors (Lipinski definition) is 2. The number of nitrogens with zero attached hydrogens (tertiary/aromatic N) is 1. The molecule has 25 heavy (non-hydrogen) atoms. The normalized spacial score (nSPS) is 12.0. The van der Waals surface area contributed by atoms with Gasteiger partial charge in [0, 0.05) is 23.7 Å². The number of hydrogen-bond acceptors (Lipinski definition) is 5. The summed E-state index contributed by atoms with van der Waals surface area (Å²) in [5.41, 5.74) is 1.07. The van der Waals surface area contributed by atoms with Crippen molar-refractivity contribution in [1.82, 2.24) is 4.90 Å².